The van der Waals surface area contributed by atoms with E-state index in [9.17, 15) is 10.2 Å². The molecular formula is C10H11BrN2O2. The number of pyridine rings is 1. The molecule has 4 nitrogen and oxygen atoms in total. The molecule has 15 heavy (non-hydrogen) atoms. The molecule has 2 atom stereocenters. The van der Waals surface area contributed by atoms with E-state index in [1.807, 2.05) is 6.07 Å². The minimum atomic E-state index is -1.11. The Morgan fingerprint density at radius 1 is 1.53 bits per heavy atom. The van der Waals surface area contributed by atoms with Gasteiger partial charge in [0.05, 0.1) is 17.4 Å². The lowest BCUT2D eigenvalue weighted by molar-refractivity contribution is 0.0146. The maximum atomic E-state index is 9.75. The molecule has 0 spiro atoms. The number of halogens is 1. The highest BCUT2D eigenvalue weighted by molar-refractivity contribution is 9.09. The first-order valence-electron chi connectivity index (χ1n) is 4.47. The van der Waals surface area contributed by atoms with Gasteiger partial charge in [-0.1, -0.05) is 15.9 Å². The van der Waals surface area contributed by atoms with Gasteiger partial charge in [-0.25, -0.2) is 0 Å². The van der Waals surface area contributed by atoms with Crippen LogP contribution in [0.15, 0.2) is 18.3 Å². The van der Waals surface area contributed by atoms with Crippen molar-refractivity contribution in [1.82, 2.24) is 4.98 Å². The summed E-state index contributed by atoms with van der Waals surface area (Å²) < 4.78 is 0. The SMILES string of the molecule is N#Cc1cccnc1C(O)C(O)CCBr. The molecule has 0 saturated carbocycles. The average molecular weight is 271 g/mol. The van der Waals surface area contributed by atoms with Crippen molar-refractivity contribution in [2.45, 2.75) is 18.6 Å². The number of nitrogens with zero attached hydrogens (tertiary/aromatic N) is 2. The monoisotopic (exact) mass is 270 g/mol. The van der Waals surface area contributed by atoms with Gasteiger partial charge in [-0.3, -0.25) is 4.98 Å². The Hall–Kier alpha value is -0.960. The third-order valence-corrected chi connectivity index (χ3v) is 2.47. The summed E-state index contributed by atoms with van der Waals surface area (Å²) in [4.78, 5) is 3.90. The van der Waals surface area contributed by atoms with Crippen LogP contribution in [0, 0.1) is 11.3 Å². The predicted octanol–water partition coefficient (Wildman–Crippen LogP) is 1.13. The van der Waals surface area contributed by atoms with Crippen LogP contribution in [0.1, 0.15) is 23.8 Å². The molecule has 0 aromatic carbocycles. The van der Waals surface area contributed by atoms with Crippen molar-refractivity contribution in [1.29, 1.82) is 5.26 Å². The summed E-state index contributed by atoms with van der Waals surface area (Å²) in [6.07, 6.45) is -0.132. The molecule has 0 fully saturated rings. The van der Waals surface area contributed by atoms with E-state index in [0.717, 1.165) is 0 Å². The Kier molecular flexibility index (Phi) is 4.69. The number of rotatable bonds is 4. The van der Waals surface area contributed by atoms with E-state index in [4.69, 9.17) is 5.26 Å². The van der Waals surface area contributed by atoms with Crippen LogP contribution in [0.2, 0.25) is 0 Å². The van der Waals surface area contributed by atoms with Crippen LogP contribution < -0.4 is 0 Å². The average Bonchev–Trinajstić information content (AvgIpc) is 2.28. The Morgan fingerprint density at radius 2 is 2.27 bits per heavy atom. The first-order chi connectivity index (χ1) is 7.20. The van der Waals surface area contributed by atoms with E-state index in [0.29, 0.717) is 17.3 Å². The van der Waals surface area contributed by atoms with Gasteiger partial charge in [0, 0.05) is 11.5 Å². The van der Waals surface area contributed by atoms with Crippen molar-refractivity contribution >= 4 is 15.9 Å². The molecule has 0 amide bonds. The summed E-state index contributed by atoms with van der Waals surface area (Å²) in [5, 5.41) is 28.7. The molecule has 1 aromatic heterocycles. The minimum absolute atomic E-state index is 0.230. The lowest BCUT2D eigenvalue weighted by Gasteiger charge is -2.16. The molecule has 0 saturated heterocycles. The largest absolute Gasteiger partial charge is 0.390 e. The summed E-state index contributed by atoms with van der Waals surface area (Å²) in [6, 6.07) is 5.11. The number of hydrogen-bond acceptors (Lipinski definition) is 4. The van der Waals surface area contributed by atoms with Gasteiger partial charge in [-0.2, -0.15) is 5.26 Å². The van der Waals surface area contributed by atoms with Crippen molar-refractivity contribution in [3.63, 3.8) is 0 Å². The number of aliphatic hydroxyl groups is 2. The molecule has 1 aromatic rings. The smallest absolute Gasteiger partial charge is 0.123 e. The second-order valence-electron chi connectivity index (χ2n) is 3.04. The van der Waals surface area contributed by atoms with Crippen LogP contribution in [0.4, 0.5) is 0 Å². The van der Waals surface area contributed by atoms with Gasteiger partial charge in [0.2, 0.25) is 0 Å². The van der Waals surface area contributed by atoms with E-state index >= 15 is 0 Å². The Bertz CT molecular complexity index is 365. The summed E-state index contributed by atoms with van der Waals surface area (Å²) >= 11 is 3.17. The normalized spacial score (nSPS) is 14.3. The van der Waals surface area contributed by atoms with Crippen molar-refractivity contribution in [2.75, 3.05) is 5.33 Å². The molecule has 2 N–H and O–H groups in total. The van der Waals surface area contributed by atoms with Crippen LogP contribution in [-0.2, 0) is 0 Å². The molecule has 5 heteroatoms. The van der Waals surface area contributed by atoms with Crippen molar-refractivity contribution in [2.24, 2.45) is 0 Å². The molecule has 0 radical (unpaired) electrons. The van der Waals surface area contributed by atoms with E-state index in [1.165, 1.54) is 6.20 Å². The number of alkyl halides is 1. The van der Waals surface area contributed by atoms with Crippen molar-refractivity contribution in [3.05, 3.63) is 29.6 Å². The lowest BCUT2D eigenvalue weighted by Crippen LogP contribution is -2.20. The second kappa shape index (κ2) is 5.81. The first-order valence-corrected chi connectivity index (χ1v) is 5.60. The second-order valence-corrected chi connectivity index (χ2v) is 3.83. The van der Waals surface area contributed by atoms with Crippen molar-refractivity contribution in [3.8, 4) is 6.07 Å². The number of hydrogen-bond donors (Lipinski definition) is 2. The van der Waals surface area contributed by atoms with Crippen LogP contribution in [0.25, 0.3) is 0 Å². The first kappa shape index (κ1) is 12.1. The zero-order valence-corrected chi connectivity index (χ0v) is 9.55. The van der Waals surface area contributed by atoms with Gasteiger partial charge < -0.3 is 10.2 Å². The van der Waals surface area contributed by atoms with E-state index in [-0.39, 0.29) is 5.69 Å². The van der Waals surface area contributed by atoms with Gasteiger partial charge in [-0.05, 0) is 18.6 Å². The molecular weight excluding hydrogens is 260 g/mol. The van der Waals surface area contributed by atoms with Crippen LogP contribution in [0.5, 0.6) is 0 Å². The Balaban J connectivity index is 2.91. The number of nitriles is 1. The summed E-state index contributed by atoms with van der Waals surface area (Å²) in [5.74, 6) is 0. The Morgan fingerprint density at radius 3 is 2.87 bits per heavy atom. The fraction of sp³-hybridized carbons (Fsp3) is 0.400. The molecule has 0 aliphatic carbocycles. The van der Waals surface area contributed by atoms with E-state index < -0.39 is 12.2 Å². The molecule has 2 unspecified atom stereocenters. The quantitative estimate of drug-likeness (QED) is 0.805. The summed E-state index contributed by atoms with van der Waals surface area (Å²) in [5.41, 5.74) is 0.520. The van der Waals surface area contributed by atoms with E-state index in [1.54, 1.807) is 12.1 Å². The maximum absolute atomic E-state index is 9.75. The fourth-order valence-electron chi connectivity index (χ4n) is 1.20. The molecule has 0 bridgehead atoms. The van der Waals surface area contributed by atoms with Crippen LogP contribution in [0.3, 0.4) is 0 Å². The standard InChI is InChI=1S/C10H11BrN2O2/c11-4-3-8(14)10(15)9-7(6-12)2-1-5-13-9/h1-2,5,8,10,14-15H,3-4H2. The Labute approximate surface area is 96.3 Å². The molecule has 1 heterocycles. The van der Waals surface area contributed by atoms with Gasteiger partial charge in [0.15, 0.2) is 0 Å². The highest BCUT2D eigenvalue weighted by atomic mass is 79.9. The zero-order valence-electron chi connectivity index (χ0n) is 7.97. The third-order valence-electron chi connectivity index (χ3n) is 2.01. The third kappa shape index (κ3) is 2.99. The minimum Gasteiger partial charge on any atom is -0.390 e. The van der Waals surface area contributed by atoms with Crippen LogP contribution in [-0.4, -0.2) is 26.6 Å². The van der Waals surface area contributed by atoms with E-state index in [2.05, 4.69) is 20.9 Å². The zero-order chi connectivity index (χ0) is 11.3. The number of aromatic nitrogens is 1. The highest BCUT2D eigenvalue weighted by Gasteiger charge is 2.21. The molecule has 0 aliphatic heterocycles. The predicted molar refractivity (Wildman–Crippen MR) is 58.3 cm³/mol. The van der Waals surface area contributed by atoms with Gasteiger partial charge in [0.1, 0.15) is 12.2 Å². The summed E-state index contributed by atoms with van der Waals surface area (Å²) in [7, 11) is 0. The summed E-state index contributed by atoms with van der Waals surface area (Å²) in [6.45, 7) is 0. The molecule has 80 valence electrons. The topological polar surface area (TPSA) is 77.1 Å². The molecule has 1 rings (SSSR count). The van der Waals surface area contributed by atoms with Gasteiger partial charge in [-0.15, -0.1) is 0 Å². The maximum Gasteiger partial charge on any atom is 0.123 e. The van der Waals surface area contributed by atoms with Gasteiger partial charge >= 0.3 is 0 Å². The highest BCUT2D eigenvalue weighted by Crippen LogP contribution is 2.20. The lowest BCUT2D eigenvalue weighted by atomic mass is 10.0. The van der Waals surface area contributed by atoms with Crippen molar-refractivity contribution < 1.29 is 10.2 Å². The number of aliphatic hydroxyl groups excluding tert-OH is 2. The fourth-order valence-corrected chi connectivity index (χ4v) is 1.67. The van der Waals surface area contributed by atoms with Crippen LogP contribution >= 0.6 is 15.9 Å². The van der Waals surface area contributed by atoms with Gasteiger partial charge in [0.25, 0.3) is 0 Å². The molecule has 0 aliphatic rings.